The molecule has 1 unspecified atom stereocenters. The van der Waals surface area contributed by atoms with Gasteiger partial charge in [0, 0.05) is 18.2 Å². The second kappa shape index (κ2) is 5.98. The molecule has 1 aromatic rings. The van der Waals surface area contributed by atoms with Crippen molar-refractivity contribution in [1.82, 2.24) is 14.7 Å². The lowest BCUT2D eigenvalue weighted by molar-refractivity contribution is 0.519. The van der Waals surface area contributed by atoms with E-state index in [-0.39, 0.29) is 0 Å². The number of hydrogen-bond donors (Lipinski definition) is 1. The summed E-state index contributed by atoms with van der Waals surface area (Å²) in [7, 11) is 0. The Labute approximate surface area is 106 Å². The normalized spacial score (nSPS) is 17.6. The molecule has 1 atom stereocenters. The fourth-order valence-electron chi connectivity index (χ4n) is 1.72. The zero-order valence-corrected chi connectivity index (χ0v) is 11.5. The van der Waals surface area contributed by atoms with E-state index < -0.39 is 0 Å². The summed E-state index contributed by atoms with van der Waals surface area (Å²) < 4.78 is 5.43. The van der Waals surface area contributed by atoms with Gasteiger partial charge in [0.05, 0.1) is 0 Å². The van der Waals surface area contributed by atoms with Gasteiger partial charge in [0.2, 0.25) is 0 Å². The van der Waals surface area contributed by atoms with Crippen molar-refractivity contribution in [2.75, 3.05) is 12.3 Å². The number of nitrogens with one attached hydrogen (secondary N) is 1. The van der Waals surface area contributed by atoms with Crippen LogP contribution in [0.5, 0.6) is 0 Å². The summed E-state index contributed by atoms with van der Waals surface area (Å²) in [6.07, 6.45) is 3.74. The Kier molecular flexibility index (Phi) is 4.61. The van der Waals surface area contributed by atoms with Gasteiger partial charge in [-0.2, -0.15) is 4.37 Å². The molecule has 16 heavy (non-hydrogen) atoms. The van der Waals surface area contributed by atoms with E-state index in [2.05, 4.69) is 28.5 Å². The lowest BCUT2D eigenvalue weighted by Gasteiger charge is -2.15. The van der Waals surface area contributed by atoms with Crippen LogP contribution in [0.2, 0.25) is 0 Å². The summed E-state index contributed by atoms with van der Waals surface area (Å²) in [4.78, 5) is 4.48. The van der Waals surface area contributed by atoms with Gasteiger partial charge >= 0.3 is 0 Å². The van der Waals surface area contributed by atoms with Gasteiger partial charge in [-0.1, -0.05) is 25.6 Å². The highest BCUT2D eigenvalue weighted by Gasteiger charge is 2.30. The largest absolute Gasteiger partial charge is 0.313 e. The molecule has 1 fully saturated rings. The summed E-state index contributed by atoms with van der Waals surface area (Å²) in [5.41, 5.74) is 0. The maximum atomic E-state index is 4.48. The molecule has 3 nitrogen and oxygen atoms in total. The van der Waals surface area contributed by atoms with Gasteiger partial charge in [-0.05, 0) is 36.8 Å². The van der Waals surface area contributed by atoms with Gasteiger partial charge in [0.15, 0.2) is 4.34 Å². The summed E-state index contributed by atoms with van der Waals surface area (Å²) in [6.45, 7) is 5.35. The van der Waals surface area contributed by atoms with Crippen LogP contribution in [0.4, 0.5) is 0 Å². The average Bonchev–Trinajstić information content (AvgIpc) is 3.03. The van der Waals surface area contributed by atoms with Gasteiger partial charge in [-0.3, -0.25) is 0 Å². The molecular formula is C11H19N3S2. The monoisotopic (exact) mass is 257 g/mol. The molecule has 2 rings (SSSR count). The van der Waals surface area contributed by atoms with Crippen LogP contribution in [0.15, 0.2) is 4.34 Å². The third kappa shape index (κ3) is 3.43. The van der Waals surface area contributed by atoms with Crippen LogP contribution in [0.25, 0.3) is 0 Å². The van der Waals surface area contributed by atoms with Crippen molar-refractivity contribution in [3.63, 3.8) is 0 Å². The van der Waals surface area contributed by atoms with Gasteiger partial charge in [0.1, 0.15) is 5.82 Å². The zero-order valence-electron chi connectivity index (χ0n) is 9.90. The number of thioether (sulfide) groups is 1. The predicted octanol–water partition coefficient (Wildman–Crippen LogP) is 2.58. The first-order chi connectivity index (χ1) is 7.83. The van der Waals surface area contributed by atoms with Crippen LogP contribution >= 0.6 is 23.3 Å². The van der Waals surface area contributed by atoms with Crippen molar-refractivity contribution < 1.29 is 0 Å². The number of aromatic nitrogens is 2. The average molecular weight is 257 g/mol. The van der Waals surface area contributed by atoms with Crippen LogP contribution in [-0.4, -0.2) is 27.7 Å². The first-order valence-electron chi connectivity index (χ1n) is 6.02. The fraction of sp³-hybridized carbons (Fsp3) is 0.818. The molecule has 0 spiro atoms. The second-order valence-corrected chi connectivity index (χ2v) is 6.16. The van der Waals surface area contributed by atoms with Crippen molar-refractivity contribution in [2.24, 2.45) is 5.92 Å². The van der Waals surface area contributed by atoms with Crippen LogP contribution in [0.3, 0.4) is 0 Å². The third-order valence-electron chi connectivity index (χ3n) is 2.81. The molecule has 0 aromatic carbocycles. The molecule has 1 aliphatic carbocycles. The smallest absolute Gasteiger partial charge is 0.170 e. The van der Waals surface area contributed by atoms with Crippen molar-refractivity contribution in [3.05, 3.63) is 5.82 Å². The maximum absolute atomic E-state index is 4.48. The molecule has 1 saturated carbocycles. The highest BCUT2D eigenvalue weighted by Crippen LogP contribution is 2.35. The molecule has 0 bridgehead atoms. The molecule has 1 heterocycles. The van der Waals surface area contributed by atoms with E-state index in [0.717, 1.165) is 34.8 Å². The number of nitrogens with zero attached hydrogens (tertiary/aromatic N) is 2. The molecule has 1 N–H and O–H groups in total. The Hall–Kier alpha value is -0.130. The van der Waals surface area contributed by atoms with Gasteiger partial charge in [-0.15, -0.1) is 0 Å². The Bertz CT molecular complexity index is 323. The predicted molar refractivity (Wildman–Crippen MR) is 70.2 cm³/mol. The van der Waals surface area contributed by atoms with Gasteiger partial charge in [0.25, 0.3) is 0 Å². The standard InChI is InChI=1S/C11H19N3S2/c1-3-10-13-11(16-14-10)15-7-9(12-4-2)8-5-6-8/h8-9,12H,3-7H2,1-2H3. The zero-order chi connectivity index (χ0) is 11.4. The Morgan fingerprint density at radius 1 is 1.50 bits per heavy atom. The fourth-order valence-corrected chi connectivity index (χ4v) is 3.63. The minimum atomic E-state index is 0.670. The minimum Gasteiger partial charge on any atom is -0.313 e. The molecule has 1 aliphatic rings. The van der Waals surface area contributed by atoms with Crippen molar-refractivity contribution in [1.29, 1.82) is 0 Å². The third-order valence-corrected chi connectivity index (χ3v) is 4.80. The van der Waals surface area contributed by atoms with Crippen molar-refractivity contribution in [2.45, 2.75) is 43.5 Å². The molecule has 90 valence electrons. The Morgan fingerprint density at radius 3 is 2.88 bits per heavy atom. The van der Waals surface area contributed by atoms with Crippen LogP contribution in [0.1, 0.15) is 32.5 Å². The van der Waals surface area contributed by atoms with E-state index in [1.807, 2.05) is 11.8 Å². The summed E-state index contributed by atoms with van der Waals surface area (Å²) >= 11 is 3.40. The van der Waals surface area contributed by atoms with Gasteiger partial charge < -0.3 is 5.32 Å². The molecule has 0 saturated heterocycles. The SMILES string of the molecule is CCNC(CSc1nc(CC)ns1)C1CC1. The first kappa shape index (κ1) is 12.3. The van der Waals surface area contributed by atoms with Crippen LogP contribution in [-0.2, 0) is 6.42 Å². The van der Waals surface area contributed by atoms with E-state index >= 15 is 0 Å². The first-order valence-corrected chi connectivity index (χ1v) is 7.78. The Balaban J connectivity index is 1.80. The van der Waals surface area contributed by atoms with Gasteiger partial charge in [-0.25, -0.2) is 4.98 Å². The molecule has 0 aliphatic heterocycles. The van der Waals surface area contributed by atoms with E-state index in [0.29, 0.717) is 6.04 Å². The topological polar surface area (TPSA) is 37.8 Å². The van der Waals surface area contributed by atoms with E-state index in [9.17, 15) is 0 Å². The molecule has 1 aromatic heterocycles. The lowest BCUT2D eigenvalue weighted by Crippen LogP contribution is -2.33. The highest BCUT2D eigenvalue weighted by atomic mass is 32.2. The highest BCUT2D eigenvalue weighted by molar-refractivity contribution is 8.00. The van der Waals surface area contributed by atoms with Crippen molar-refractivity contribution in [3.8, 4) is 0 Å². The minimum absolute atomic E-state index is 0.670. The lowest BCUT2D eigenvalue weighted by atomic mass is 10.2. The van der Waals surface area contributed by atoms with Crippen molar-refractivity contribution >= 4 is 23.3 Å². The summed E-state index contributed by atoms with van der Waals surface area (Å²) in [5.74, 6) is 3.03. The second-order valence-electron chi connectivity index (χ2n) is 4.14. The Morgan fingerprint density at radius 2 is 2.31 bits per heavy atom. The molecule has 5 heteroatoms. The summed E-state index contributed by atoms with van der Waals surface area (Å²) in [6, 6.07) is 0.670. The summed E-state index contributed by atoms with van der Waals surface area (Å²) in [5, 5.41) is 3.57. The van der Waals surface area contributed by atoms with E-state index in [1.54, 1.807) is 11.5 Å². The number of hydrogen-bond acceptors (Lipinski definition) is 5. The number of aryl methyl sites for hydroxylation is 1. The molecular weight excluding hydrogens is 238 g/mol. The van der Waals surface area contributed by atoms with Crippen LogP contribution < -0.4 is 5.32 Å². The molecule has 0 amide bonds. The van der Waals surface area contributed by atoms with E-state index in [1.165, 1.54) is 12.8 Å². The van der Waals surface area contributed by atoms with Crippen LogP contribution in [0, 0.1) is 5.92 Å². The van der Waals surface area contributed by atoms with E-state index in [4.69, 9.17) is 0 Å². The maximum Gasteiger partial charge on any atom is 0.170 e. The number of rotatable bonds is 7. The molecule has 0 radical (unpaired) electrons. The quantitative estimate of drug-likeness (QED) is 0.762.